The maximum absolute atomic E-state index is 12.7. The van der Waals surface area contributed by atoms with Crippen molar-refractivity contribution in [3.8, 4) is 0 Å². The zero-order valence-corrected chi connectivity index (χ0v) is 14.5. The molecule has 1 aliphatic rings. The van der Waals surface area contributed by atoms with Crippen LogP contribution in [-0.4, -0.2) is 35.3 Å². The summed E-state index contributed by atoms with van der Waals surface area (Å²) in [5.74, 6) is -1.29. The van der Waals surface area contributed by atoms with E-state index in [9.17, 15) is 22.8 Å². The van der Waals surface area contributed by atoms with E-state index in [2.05, 4.69) is 0 Å². The van der Waals surface area contributed by atoms with Crippen LogP contribution in [0, 0.1) is 0 Å². The minimum absolute atomic E-state index is 0.00120. The number of hydrogen-bond donors (Lipinski definition) is 0. The number of nitrogens with zero attached hydrogens (tertiary/aromatic N) is 1. The second-order valence-electron chi connectivity index (χ2n) is 6.04. The summed E-state index contributed by atoms with van der Waals surface area (Å²) in [7, 11) is 1.25. The molecule has 0 spiro atoms. The highest BCUT2D eigenvalue weighted by Gasteiger charge is 2.49. The van der Waals surface area contributed by atoms with Gasteiger partial charge in [-0.2, -0.15) is 13.2 Å². The number of esters is 1. The number of alkyl halides is 4. The molecule has 1 aromatic rings. The molecule has 8 heteroatoms. The van der Waals surface area contributed by atoms with E-state index in [1.165, 1.54) is 24.1 Å². The van der Waals surface area contributed by atoms with Crippen LogP contribution in [0.4, 0.5) is 13.2 Å². The van der Waals surface area contributed by atoms with Crippen LogP contribution in [-0.2, 0) is 27.0 Å². The van der Waals surface area contributed by atoms with Crippen molar-refractivity contribution in [2.24, 2.45) is 0 Å². The number of methoxy groups -OCH3 is 1. The van der Waals surface area contributed by atoms with Crippen LogP contribution < -0.4 is 0 Å². The van der Waals surface area contributed by atoms with Gasteiger partial charge >= 0.3 is 12.1 Å². The first kappa shape index (κ1) is 19.6. The molecule has 0 saturated heterocycles. The summed E-state index contributed by atoms with van der Waals surface area (Å²) < 4.78 is 42.9. The number of carbonyl (C=O) groups excluding carboxylic acids is 2. The van der Waals surface area contributed by atoms with Gasteiger partial charge in [-0.3, -0.25) is 4.79 Å². The smallest absolute Gasteiger partial charge is 0.416 e. The van der Waals surface area contributed by atoms with Crippen molar-refractivity contribution in [1.29, 1.82) is 0 Å². The van der Waals surface area contributed by atoms with Gasteiger partial charge < -0.3 is 9.64 Å². The van der Waals surface area contributed by atoms with Crippen LogP contribution in [0.2, 0.25) is 0 Å². The van der Waals surface area contributed by atoms with E-state index in [0.717, 1.165) is 25.0 Å². The van der Waals surface area contributed by atoms with E-state index in [4.69, 9.17) is 16.3 Å². The highest BCUT2D eigenvalue weighted by Crippen LogP contribution is 2.38. The molecule has 138 valence electrons. The molecule has 1 aromatic carbocycles. The first-order chi connectivity index (χ1) is 11.7. The van der Waals surface area contributed by atoms with Crippen LogP contribution >= 0.6 is 11.6 Å². The van der Waals surface area contributed by atoms with E-state index in [-0.39, 0.29) is 12.4 Å². The maximum Gasteiger partial charge on any atom is 0.416 e. The number of benzene rings is 1. The Morgan fingerprint density at radius 1 is 1.20 bits per heavy atom. The minimum Gasteiger partial charge on any atom is -0.467 e. The first-order valence-corrected chi connectivity index (χ1v) is 8.39. The van der Waals surface area contributed by atoms with Gasteiger partial charge in [0.05, 0.1) is 12.7 Å². The van der Waals surface area contributed by atoms with Crippen molar-refractivity contribution in [2.75, 3.05) is 13.0 Å². The number of amides is 1. The van der Waals surface area contributed by atoms with Gasteiger partial charge in [0.1, 0.15) is 11.4 Å². The molecule has 0 unspecified atom stereocenters. The maximum atomic E-state index is 12.7. The van der Waals surface area contributed by atoms with Gasteiger partial charge in [0.25, 0.3) is 0 Å². The van der Waals surface area contributed by atoms with Gasteiger partial charge in [-0.15, -0.1) is 11.6 Å². The summed E-state index contributed by atoms with van der Waals surface area (Å²) in [4.78, 5) is 26.1. The number of carbonyl (C=O) groups is 2. The highest BCUT2D eigenvalue weighted by molar-refractivity contribution is 6.27. The molecule has 1 saturated carbocycles. The van der Waals surface area contributed by atoms with Gasteiger partial charge in [0.15, 0.2) is 0 Å². The summed E-state index contributed by atoms with van der Waals surface area (Å²) in [5, 5.41) is 0. The average molecular weight is 378 g/mol. The Labute approximate surface area is 148 Å². The van der Waals surface area contributed by atoms with E-state index in [1.54, 1.807) is 0 Å². The van der Waals surface area contributed by atoms with Crippen LogP contribution in [0.5, 0.6) is 0 Å². The monoisotopic (exact) mass is 377 g/mol. The second-order valence-corrected chi connectivity index (χ2v) is 6.31. The Morgan fingerprint density at radius 3 is 2.20 bits per heavy atom. The van der Waals surface area contributed by atoms with Crippen molar-refractivity contribution >= 4 is 23.5 Å². The fraction of sp³-hybridized carbons (Fsp3) is 0.529. The molecule has 0 heterocycles. The largest absolute Gasteiger partial charge is 0.467 e. The molecule has 0 atom stereocenters. The second kappa shape index (κ2) is 7.64. The summed E-state index contributed by atoms with van der Waals surface area (Å²) in [6.07, 6.45) is -2.02. The van der Waals surface area contributed by atoms with E-state index >= 15 is 0 Å². The van der Waals surface area contributed by atoms with Crippen molar-refractivity contribution in [2.45, 2.75) is 43.9 Å². The van der Waals surface area contributed by atoms with Gasteiger partial charge in [-0.1, -0.05) is 25.0 Å². The third-order valence-electron chi connectivity index (χ3n) is 4.55. The third-order valence-corrected chi connectivity index (χ3v) is 4.78. The van der Waals surface area contributed by atoms with Gasteiger partial charge in [0, 0.05) is 6.54 Å². The van der Waals surface area contributed by atoms with Crippen molar-refractivity contribution < 1.29 is 27.5 Å². The fourth-order valence-corrected chi connectivity index (χ4v) is 3.41. The van der Waals surface area contributed by atoms with E-state index < -0.39 is 29.2 Å². The van der Waals surface area contributed by atoms with Crippen molar-refractivity contribution in [3.63, 3.8) is 0 Å². The highest BCUT2D eigenvalue weighted by atomic mass is 35.5. The Morgan fingerprint density at radius 2 is 1.76 bits per heavy atom. The lowest BCUT2D eigenvalue weighted by Crippen LogP contribution is -2.55. The Hall–Kier alpha value is -1.76. The normalized spacial score (nSPS) is 16.5. The lowest BCUT2D eigenvalue weighted by Gasteiger charge is -2.38. The van der Waals surface area contributed by atoms with Crippen molar-refractivity contribution in [3.05, 3.63) is 35.4 Å². The molecule has 1 aliphatic carbocycles. The summed E-state index contributed by atoms with van der Waals surface area (Å²) in [6, 6.07) is 4.52. The number of hydrogen-bond acceptors (Lipinski definition) is 3. The minimum atomic E-state index is -4.43. The molecule has 0 N–H and O–H groups in total. The molecule has 1 fully saturated rings. The molecule has 0 aliphatic heterocycles. The zero-order chi connectivity index (χ0) is 18.7. The molecule has 1 amide bonds. The molecule has 2 rings (SSSR count). The van der Waals surface area contributed by atoms with Crippen LogP contribution in [0.1, 0.15) is 36.8 Å². The average Bonchev–Trinajstić information content (AvgIpc) is 3.08. The Balaban J connectivity index is 2.32. The van der Waals surface area contributed by atoms with Crippen LogP contribution in [0.15, 0.2) is 24.3 Å². The SMILES string of the molecule is COC(=O)C1(N(Cc2ccc(C(F)(F)F)cc2)C(=O)CCl)CCCC1. The summed E-state index contributed by atoms with van der Waals surface area (Å²) in [6.45, 7) is -0.00120. The quantitative estimate of drug-likeness (QED) is 0.580. The van der Waals surface area contributed by atoms with Gasteiger partial charge in [0.2, 0.25) is 5.91 Å². The lowest BCUT2D eigenvalue weighted by atomic mass is 9.94. The third kappa shape index (κ3) is 4.08. The predicted molar refractivity (Wildman–Crippen MR) is 85.9 cm³/mol. The predicted octanol–water partition coefficient (Wildman–Crippen LogP) is 3.76. The lowest BCUT2D eigenvalue weighted by molar-refractivity contribution is -0.161. The fourth-order valence-electron chi connectivity index (χ4n) is 3.27. The van der Waals surface area contributed by atoms with Gasteiger partial charge in [-0.05, 0) is 30.5 Å². The molecule has 0 aromatic heterocycles. The number of rotatable bonds is 5. The standard InChI is InChI=1S/C17H19ClF3NO3/c1-25-15(24)16(8-2-3-9-16)22(14(23)10-18)11-12-4-6-13(7-5-12)17(19,20)21/h4-7H,2-3,8-11H2,1H3. The molecule has 0 bridgehead atoms. The Bertz CT molecular complexity index is 625. The molecule has 4 nitrogen and oxygen atoms in total. The van der Waals surface area contributed by atoms with E-state index in [0.29, 0.717) is 18.4 Å². The van der Waals surface area contributed by atoms with Crippen LogP contribution in [0.3, 0.4) is 0 Å². The Kier molecular flexibility index (Phi) is 5.98. The van der Waals surface area contributed by atoms with Crippen LogP contribution in [0.25, 0.3) is 0 Å². The molecular formula is C17H19ClF3NO3. The zero-order valence-electron chi connectivity index (χ0n) is 13.7. The van der Waals surface area contributed by atoms with E-state index in [1.807, 2.05) is 0 Å². The van der Waals surface area contributed by atoms with Crippen molar-refractivity contribution in [1.82, 2.24) is 4.90 Å². The molecule has 25 heavy (non-hydrogen) atoms. The topological polar surface area (TPSA) is 46.6 Å². The number of halogens is 4. The van der Waals surface area contributed by atoms with Gasteiger partial charge in [-0.25, -0.2) is 4.79 Å². The molecular weight excluding hydrogens is 359 g/mol. The summed E-state index contributed by atoms with van der Waals surface area (Å²) >= 11 is 5.69. The summed E-state index contributed by atoms with van der Waals surface area (Å²) in [5.41, 5.74) is -1.39. The number of ether oxygens (including phenoxy) is 1. The molecule has 0 radical (unpaired) electrons. The first-order valence-electron chi connectivity index (χ1n) is 7.85.